The van der Waals surface area contributed by atoms with Crippen LogP contribution in [0.25, 0.3) is 0 Å². The number of hydrogen-bond donors (Lipinski definition) is 1. The second-order valence-electron chi connectivity index (χ2n) is 4.20. The highest BCUT2D eigenvalue weighted by molar-refractivity contribution is 6.17. The van der Waals surface area contributed by atoms with E-state index < -0.39 is 11.6 Å². The average Bonchev–Trinajstić information content (AvgIpc) is 2.42. The second-order valence-corrected chi connectivity index (χ2v) is 4.58. The van der Waals surface area contributed by atoms with Gasteiger partial charge in [0.2, 0.25) is 0 Å². The van der Waals surface area contributed by atoms with Crippen molar-refractivity contribution in [2.24, 2.45) is 0 Å². The fraction of sp³-hybridized carbons (Fsp3) is 0.200. The lowest BCUT2D eigenvalue weighted by atomic mass is 10.1. The van der Waals surface area contributed by atoms with Crippen molar-refractivity contribution in [1.29, 1.82) is 0 Å². The van der Waals surface area contributed by atoms with E-state index in [1.165, 1.54) is 6.07 Å². The molecule has 0 atom stereocenters. The van der Waals surface area contributed by atoms with E-state index >= 15 is 0 Å². The van der Waals surface area contributed by atoms with E-state index in [1.807, 2.05) is 24.3 Å². The van der Waals surface area contributed by atoms with Crippen LogP contribution >= 0.6 is 11.6 Å². The Morgan fingerprint density at radius 2 is 1.74 bits per heavy atom. The lowest BCUT2D eigenvalue weighted by Crippen LogP contribution is -2.03. The van der Waals surface area contributed by atoms with Crippen LogP contribution in [-0.4, -0.2) is 5.88 Å². The molecule has 19 heavy (non-hydrogen) atoms. The van der Waals surface area contributed by atoms with E-state index in [-0.39, 0.29) is 6.54 Å². The van der Waals surface area contributed by atoms with E-state index in [2.05, 4.69) is 5.32 Å². The summed E-state index contributed by atoms with van der Waals surface area (Å²) in [5.41, 5.74) is 2.32. The SMILES string of the molecule is Fc1cccc(CNc2ccc(CCCl)cc2)c1F. The van der Waals surface area contributed by atoms with Gasteiger partial charge in [0.25, 0.3) is 0 Å². The van der Waals surface area contributed by atoms with E-state index in [4.69, 9.17) is 11.6 Å². The number of hydrogen-bond acceptors (Lipinski definition) is 1. The smallest absolute Gasteiger partial charge is 0.163 e. The maximum atomic E-state index is 13.4. The normalized spacial score (nSPS) is 10.5. The molecule has 0 amide bonds. The second kappa shape index (κ2) is 6.53. The Morgan fingerprint density at radius 1 is 1.00 bits per heavy atom. The van der Waals surface area contributed by atoms with E-state index in [0.717, 1.165) is 23.7 Å². The molecule has 0 fully saturated rings. The summed E-state index contributed by atoms with van der Waals surface area (Å²) in [5.74, 6) is -1.04. The highest BCUT2D eigenvalue weighted by Crippen LogP contribution is 2.15. The zero-order valence-corrected chi connectivity index (χ0v) is 11.1. The molecule has 2 rings (SSSR count). The first-order valence-electron chi connectivity index (χ1n) is 6.02. The highest BCUT2D eigenvalue weighted by Gasteiger charge is 2.06. The average molecular weight is 282 g/mol. The number of alkyl halides is 1. The molecular formula is C15H14ClF2N. The van der Waals surface area contributed by atoms with Crippen LogP contribution in [0.1, 0.15) is 11.1 Å². The van der Waals surface area contributed by atoms with Gasteiger partial charge >= 0.3 is 0 Å². The predicted molar refractivity (Wildman–Crippen MR) is 74.6 cm³/mol. The Morgan fingerprint density at radius 3 is 2.42 bits per heavy atom. The number of halogens is 3. The number of benzene rings is 2. The van der Waals surface area contributed by atoms with Crippen LogP contribution in [0.15, 0.2) is 42.5 Å². The van der Waals surface area contributed by atoms with Crippen molar-refractivity contribution in [3.05, 3.63) is 65.2 Å². The summed E-state index contributed by atoms with van der Waals surface area (Å²) in [4.78, 5) is 0. The summed E-state index contributed by atoms with van der Waals surface area (Å²) in [6, 6.07) is 11.9. The van der Waals surface area contributed by atoms with Crippen molar-refractivity contribution < 1.29 is 8.78 Å². The molecule has 0 heterocycles. The lowest BCUT2D eigenvalue weighted by molar-refractivity contribution is 0.500. The number of nitrogens with one attached hydrogen (secondary N) is 1. The minimum Gasteiger partial charge on any atom is -0.381 e. The lowest BCUT2D eigenvalue weighted by Gasteiger charge is -2.08. The van der Waals surface area contributed by atoms with Gasteiger partial charge < -0.3 is 5.32 Å². The van der Waals surface area contributed by atoms with Gasteiger partial charge in [-0.25, -0.2) is 8.78 Å². The fourth-order valence-corrected chi connectivity index (χ4v) is 2.00. The van der Waals surface area contributed by atoms with Crippen LogP contribution in [0.5, 0.6) is 0 Å². The summed E-state index contributed by atoms with van der Waals surface area (Å²) < 4.78 is 26.5. The molecule has 0 aliphatic carbocycles. The van der Waals surface area contributed by atoms with Crippen LogP contribution in [-0.2, 0) is 13.0 Å². The van der Waals surface area contributed by atoms with Gasteiger partial charge in [0.1, 0.15) is 0 Å². The third-order valence-electron chi connectivity index (χ3n) is 2.85. The molecule has 0 bridgehead atoms. The zero-order chi connectivity index (χ0) is 13.7. The quantitative estimate of drug-likeness (QED) is 0.803. The molecule has 2 aromatic carbocycles. The van der Waals surface area contributed by atoms with Crippen LogP contribution in [0.2, 0.25) is 0 Å². The maximum absolute atomic E-state index is 13.4. The standard InChI is InChI=1S/C15H14ClF2N/c16-9-8-11-4-6-13(7-5-11)19-10-12-2-1-3-14(17)15(12)18/h1-7,19H,8-10H2. The van der Waals surface area contributed by atoms with Gasteiger partial charge in [0.15, 0.2) is 11.6 Å². The minimum absolute atomic E-state index is 0.248. The van der Waals surface area contributed by atoms with Crippen molar-refractivity contribution >= 4 is 17.3 Å². The predicted octanol–water partition coefficient (Wildman–Crippen LogP) is 4.36. The molecule has 2 aromatic rings. The van der Waals surface area contributed by atoms with Gasteiger partial charge in [0.05, 0.1) is 0 Å². The number of aryl methyl sites for hydroxylation is 1. The van der Waals surface area contributed by atoms with Crippen molar-refractivity contribution in [2.75, 3.05) is 11.2 Å². The van der Waals surface area contributed by atoms with Gasteiger partial charge in [0, 0.05) is 23.7 Å². The van der Waals surface area contributed by atoms with Crippen LogP contribution < -0.4 is 5.32 Å². The minimum atomic E-state index is -0.822. The Balaban J connectivity index is 2.00. The molecule has 4 heteroatoms. The summed E-state index contributed by atoms with van der Waals surface area (Å²) in [6.45, 7) is 0.248. The summed E-state index contributed by atoms with van der Waals surface area (Å²) in [6.07, 6.45) is 0.820. The molecule has 0 radical (unpaired) electrons. The molecule has 0 spiro atoms. The molecule has 0 saturated carbocycles. The Kier molecular flexibility index (Phi) is 4.74. The van der Waals surface area contributed by atoms with Gasteiger partial charge in [-0.3, -0.25) is 0 Å². The van der Waals surface area contributed by atoms with E-state index in [9.17, 15) is 8.78 Å². The molecular weight excluding hydrogens is 268 g/mol. The molecule has 0 aliphatic rings. The van der Waals surface area contributed by atoms with Crippen molar-refractivity contribution in [2.45, 2.75) is 13.0 Å². The van der Waals surface area contributed by atoms with Crippen LogP contribution in [0.4, 0.5) is 14.5 Å². The van der Waals surface area contributed by atoms with Gasteiger partial charge in [-0.2, -0.15) is 0 Å². The summed E-state index contributed by atoms with van der Waals surface area (Å²) >= 11 is 5.66. The molecule has 100 valence electrons. The zero-order valence-electron chi connectivity index (χ0n) is 10.3. The highest BCUT2D eigenvalue weighted by atomic mass is 35.5. The maximum Gasteiger partial charge on any atom is 0.163 e. The third kappa shape index (κ3) is 3.67. The topological polar surface area (TPSA) is 12.0 Å². The Labute approximate surface area is 116 Å². The third-order valence-corrected chi connectivity index (χ3v) is 3.04. The van der Waals surface area contributed by atoms with Gasteiger partial charge in [-0.1, -0.05) is 24.3 Å². The number of anilines is 1. The molecule has 0 unspecified atom stereocenters. The first-order chi connectivity index (χ1) is 9.20. The van der Waals surface area contributed by atoms with Crippen LogP contribution in [0.3, 0.4) is 0 Å². The molecule has 1 N–H and O–H groups in total. The molecule has 0 aliphatic heterocycles. The van der Waals surface area contributed by atoms with Crippen LogP contribution in [0, 0.1) is 11.6 Å². The summed E-state index contributed by atoms with van der Waals surface area (Å²) in [7, 11) is 0. The van der Waals surface area contributed by atoms with Gasteiger partial charge in [-0.05, 0) is 30.2 Å². The van der Waals surface area contributed by atoms with Crippen molar-refractivity contribution in [3.8, 4) is 0 Å². The van der Waals surface area contributed by atoms with Crippen molar-refractivity contribution in [3.63, 3.8) is 0 Å². The van der Waals surface area contributed by atoms with Crippen molar-refractivity contribution in [1.82, 2.24) is 0 Å². The Hall–Kier alpha value is -1.61. The fourth-order valence-electron chi connectivity index (χ4n) is 1.78. The number of rotatable bonds is 5. The van der Waals surface area contributed by atoms with E-state index in [1.54, 1.807) is 6.07 Å². The largest absolute Gasteiger partial charge is 0.381 e. The first-order valence-corrected chi connectivity index (χ1v) is 6.56. The molecule has 0 saturated heterocycles. The molecule has 0 aromatic heterocycles. The first kappa shape index (κ1) is 13.8. The summed E-state index contributed by atoms with van der Waals surface area (Å²) in [5, 5.41) is 3.06. The van der Waals surface area contributed by atoms with E-state index in [0.29, 0.717) is 11.4 Å². The van der Waals surface area contributed by atoms with Gasteiger partial charge in [-0.15, -0.1) is 11.6 Å². The Bertz CT molecular complexity index is 540. The molecule has 1 nitrogen and oxygen atoms in total. The monoisotopic (exact) mass is 281 g/mol.